The maximum absolute atomic E-state index is 12.5. The first-order valence-electron chi connectivity index (χ1n) is 8.57. The lowest BCUT2D eigenvalue weighted by Gasteiger charge is -2.16. The molecule has 0 saturated heterocycles. The molecule has 5 heteroatoms. The van der Waals surface area contributed by atoms with E-state index in [9.17, 15) is 4.79 Å². The Morgan fingerprint density at radius 1 is 1.08 bits per heavy atom. The zero-order valence-electron chi connectivity index (χ0n) is 14.2. The number of nitrogens with one attached hydrogen (secondary N) is 1. The number of hydrogen-bond acceptors (Lipinski definition) is 3. The van der Waals surface area contributed by atoms with Crippen LogP contribution in [0, 0.1) is 0 Å². The van der Waals surface area contributed by atoms with Gasteiger partial charge in [0.15, 0.2) is 0 Å². The van der Waals surface area contributed by atoms with Crippen LogP contribution < -0.4 is 5.32 Å². The lowest BCUT2D eigenvalue weighted by molar-refractivity contribution is -0.120. The highest BCUT2D eigenvalue weighted by atomic mass is 16.3. The highest BCUT2D eigenvalue weighted by Crippen LogP contribution is 2.20. The van der Waals surface area contributed by atoms with Gasteiger partial charge in [0.2, 0.25) is 5.91 Å². The second-order valence-electron chi connectivity index (χ2n) is 6.14. The van der Waals surface area contributed by atoms with E-state index >= 15 is 0 Å². The molecule has 0 bridgehead atoms. The van der Waals surface area contributed by atoms with E-state index in [0.29, 0.717) is 13.0 Å². The number of fused-ring (bicyclic) bond motifs is 1. The summed E-state index contributed by atoms with van der Waals surface area (Å²) in [6, 6.07) is 19.6. The monoisotopic (exact) mass is 345 g/mol. The standard InChI is InChI=1S/C21H19N3O2/c25-21(14-17-8-3-7-16-6-1-2-9-18(16)17)22-15-19(20-10-4-13-26-20)24-12-5-11-23-24/h1-13,19H,14-15H2,(H,22,25). The van der Waals surface area contributed by atoms with E-state index < -0.39 is 0 Å². The van der Waals surface area contributed by atoms with Crippen molar-refractivity contribution in [3.63, 3.8) is 0 Å². The molecule has 0 spiro atoms. The summed E-state index contributed by atoms with van der Waals surface area (Å²) >= 11 is 0. The average molecular weight is 345 g/mol. The summed E-state index contributed by atoms with van der Waals surface area (Å²) in [5.41, 5.74) is 1.02. The van der Waals surface area contributed by atoms with Crippen LogP contribution in [0.15, 0.2) is 83.7 Å². The van der Waals surface area contributed by atoms with Gasteiger partial charge in [-0.1, -0.05) is 42.5 Å². The third kappa shape index (κ3) is 3.37. The molecule has 0 saturated carbocycles. The predicted molar refractivity (Wildman–Crippen MR) is 99.7 cm³/mol. The van der Waals surface area contributed by atoms with Gasteiger partial charge in [-0.25, -0.2) is 0 Å². The molecule has 2 aromatic carbocycles. The van der Waals surface area contributed by atoms with Gasteiger partial charge in [-0.05, 0) is 34.5 Å². The minimum Gasteiger partial charge on any atom is -0.467 e. The van der Waals surface area contributed by atoms with Gasteiger partial charge in [0.05, 0.1) is 12.7 Å². The fourth-order valence-corrected chi connectivity index (χ4v) is 3.16. The summed E-state index contributed by atoms with van der Waals surface area (Å²) in [6.45, 7) is 0.415. The Morgan fingerprint density at radius 2 is 1.96 bits per heavy atom. The Morgan fingerprint density at radius 3 is 2.77 bits per heavy atom. The normalized spacial score (nSPS) is 12.2. The summed E-state index contributed by atoms with van der Waals surface area (Å²) in [4.78, 5) is 12.5. The number of benzene rings is 2. The van der Waals surface area contributed by atoms with E-state index in [4.69, 9.17) is 4.42 Å². The van der Waals surface area contributed by atoms with E-state index in [-0.39, 0.29) is 11.9 Å². The van der Waals surface area contributed by atoms with Crippen LogP contribution in [0.2, 0.25) is 0 Å². The van der Waals surface area contributed by atoms with E-state index in [2.05, 4.69) is 22.5 Å². The van der Waals surface area contributed by atoms with Gasteiger partial charge in [-0.2, -0.15) is 5.10 Å². The fourth-order valence-electron chi connectivity index (χ4n) is 3.16. The van der Waals surface area contributed by atoms with Crippen LogP contribution in [-0.2, 0) is 11.2 Å². The second kappa shape index (κ2) is 7.27. The molecule has 0 aliphatic rings. The molecule has 5 nitrogen and oxygen atoms in total. The number of nitrogens with zero attached hydrogens (tertiary/aromatic N) is 2. The lowest BCUT2D eigenvalue weighted by Crippen LogP contribution is -2.32. The smallest absolute Gasteiger partial charge is 0.224 e. The lowest BCUT2D eigenvalue weighted by atomic mass is 10.0. The number of rotatable bonds is 6. The van der Waals surface area contributed by atoms with Crippen molar-refractivity contribution in [1.29, 1.82) is 0 Å². The summed E-state index contributed by atoms with van der Waals surface area (Å²) in [5.74, 6) is 0.740. The van der Waals surface area contributed by atoms with E-state index in [0.717, 1.165) is 22.1 Å². The summed E-state index contributed by atoms with van der Waals surface area (Å²) in [6.07, 6.45) is 5.55. The van der Waals surface area contributed by atoms with E-state index in [1.165, 1.54) is 0 Å². The van der Waals surface area contributed by atoms with Gasteiger partial charge in [0.25, 0.3) is 0 Å². The Bertz CT molecular complexity index is 952. The molecule has 4 aromatic rings. The highest BCUT2D eigenvalue weighted by Gasteiger charge is 2.18. The molecule has 2 aromatic heterocycles. The molecule has 0 aliphatic heterocycles. The van der Waals surface area contributed by atoms with E-state index in [1.54, 1.807) is 17.1 Å². The van der Waals surface area contributed by atoms with Gasteiger partial charge >= 0.3 is 0 Å². The molecule has 2 heterocycles. The molecule has 0 fully saturated rings. The van der Waals surface area contributed by atoms with Crippen LogP contribution in [0.1, 0.15) is 17.4 Å². The van der Waals surface area contributed by atoms with Crippen molar-refractivity contribution in [2.45, 2.75) is 12.5 Å². The molecular weight excluding hydrogens is 326 g/mol. The zero-order valence-corrected chi connectivity index (χ0v) is 14.2. The topological polar surface area (TPSA) is 60.1 Å². The van der Waals surface area contributed by atoms with Crippen molar-refractivity contribution in [1.82, 2.24) is 15.1 Å². The fraction of sp³-hybridized carbons (Fsp3) is 0.143. The van der Waals surface area contributed by atoms with Crippen LogP contribution in [0.4, 0.5) is 0 Å². The van der Waals surface area contributed by atoms with Crippen LogP contribution in [0.5, 0.6) is 0 Å². The van der Waals surface area contributed by atoms with Gasteiger partial charge in [0.1, 0.15) is 11.8 Å². The number of carbonyl (C=O) groups excluding carboxylic acids is 1. The van der Waals surface area contributed by atoms with E-state index in [1.807, 2.05) is 54.7 Å². The second-order valence-corrected chi connectivity index (χ2v) is 6.14. The first-order valence-corrected chi connectivity index (χ1v) is 8.57. The largest absolute Gasteiger partial charge is 0.467 e. The van der Waals surface area contributed by atoms with Crippen LogP contribution in [0.3, 0.4) is 0 Å². The SMILES string of the molecule is O=C(Cc1cccc2ccccc12)NCC(c1ccco1)n1cccn1. The van der Waals surface area contributed by atoms with Crippen molar-refractivity contribution in [2.24, 2.45) is 0 Å². The maximum atomic E-state index is 12.5. The van der Waals surface area contributed by atoms with Crippen molar-refractivity contribution in [3.8, 4) is 0 Å². The Balaban J connectivity index is 1.47. The highest BCUT2D eigenvalue weighted by molar-refractivity contribution is 5.90. The third-order valence-electron chi connectivity index (χ3n) is 4.44. The van der Waals surface area contributed by atoms with Crippen LogP contribution in [-0.4, -0.2) is 22.2 Å². The maximum Gasteiger partial charge on any atom is 0.224 e. The molecule has 0 radical (unpaired) electrons. The molecular formula is C21H19N3O2. The Labute approximate surface area is 151 Å². The molecule has 4 rings (SSSR count). The van der Waals surface area contributed by atoms with Gasteiger partial charge in [-0.3, -0.25) is 9.48 Å². The molecule has 26 heavy (non-hydrogen) atoms. The van der Waals surface area contributed by atoms with Crippen molar-refractivity contribution < 1.29 is 9.21 Å². The molecule has 1 amide bonds. The molecule has 130 valence electrons. The summed E-state index contributed by atoms with van der Waals surface area (Å²) < 4.78 is 7.30. The van der Waals surface area contributed by atoms with Crippen molar-refractivity contribution in [3.05, 3.63) is 90.6 Å². The third-order valence-corrected chi connectivity index (χ3v) is 4.44. The number of hydrogen-bond donors (Lipinski definition) is 1. The minimum atomic E-state index is -0.170. The zero-order chi connectivity index (χ0) is 17.8. The minimum absolute atomic E-state index is 0.0231. The van der Waals surface area contributed by atoms with Gasteiger partial charge < -0.3 is 9.73 Å². The molecule has 0 aliphatic carbocycles. The van der Waals surface area contributed by atoms with Gasteiger partial charge in [0, 0.05) is 18.9 Å². The first-order chi connectivity index (χ1) is 12.8. The number of carbonyl (C=O) groups is 1. The van der Waals surface area contributed by atoms with Crippen molar-refractivity contribution >= 4 is 16.7 Å². The quantitative estimate of drug-likeness (QED) is 0.581. The predicted octanol–water partition coefficient (Wildman–Crippen LogP) is 3.58. The van der Waals surface area contributed by atoms with Crippen molar-refractivity contribution in [2.75, 3.05) is 6.54 Å². The number of amides is 1. The molecule has 1 unspecified atom stereocenters. The summed E-state index contributed by atoms with van der Waals surface area (Å²) in [7, 11) is 0. The molecule has 1 atom stereocenters. The average Bonchev–Trinajstić information content (AvgIpc) is 3.37. The Kier molecular flexibility index (Phi) is 4.51. The summed E-state index contributed by atoms with van der Waals surface area (Å²) in [5, 5.41) is 9.55. The van der Waals surface area contributed by atoms with Crippen LogP contribution >= 0.6 is 0 Å². The van der Waals surface area contributed by atoms with Crippen LogP contribution in [0.25, 0.3) is 10.8 Å². The van der Waals surface area contributed by atoms with Gasteiger partial charge in [-0.15, -0.1) is 0 Å². The number of furan rings is 1. The number of aromatic nitrogens is 2. The first kappa shape index (κ1) is 16.1. The Hall–Kier alpha value is -3.34. The molecule has 1 N–H and O–H groups in total.